The van der Waals surface area contributed by atoms with E-state index in [0.717, 1.165) is 5.56 Å². The van der Waals surface area contributed by atoms with Crippen molar-refractivity contribution >= 4 is 28.6 Å². The summed E-state index contributed by atoms with van der Waals surface area (Å²) < 4.78 is 5.59. The first-order valence-corrected chi connectivity index (χ1v) is 5.78. The summed E-state index contributed by atoms with van der Waals surface area (Å²) in [6.45, 7) is 0.296. The highest BCUT2D eigenvalue weighted by Gasteiger charge is 2.12. The molecule has 0 aliphatic carbocycles. The summed E-state index contributed by atoms with van der Waals surface area (Å²) in [6.07, 6.45) is 0. The van der Waals surface area contributed by atoms with Gasteiger partial charge in [0, 0.05) is 4.43 Å². The molecule has 0 saturated carbocycles. The van der Waals surface area contributed by atoms with Gasteiger partial charge in [-0.2, -0.15) is 0 Å². The van der Waals surface area contributed by atoms with Crippen molar-refractivity contribution in [2.75, 3.05) is 4.43 Å². The van der Waals surface area contributed by atoms with Crippen LogP contribution >= 0.6 is 22.6 Å². The van der Waals surface area contributed by atoms with Crippen LogP contribution in [0.4, 0.5) is 0 Å². The summed E-state index contributed by atoms with van der Waals surface area (Å²) in [4.78, 5) is 11.2. The lowest BCUT2D eigenvalue weighted by Gasteiger charge is -2.08. The van der Waals surface area contributed by atoms with Crippen molar-refractivity contribution in [2.24, 2.45) is 5.73 Å². The largest absolute Gasteiger partial charge is 0.460 e. The van der Waals surface area contributed by atoms with Gasteiger partial charge in [0.2, 0.25) is 0 Å². The summed E-state index contributed by atoms with van der Waals surface area (Å²) in [5, 5.41) is 0. The zero-order chi connectivity index (χ0) is 10.4. The predicted molar refractivity (Wildman–Crippen MR) is 63.1 cm³/mol. The van der Waals surface area contributed by atoms with Crippen molar-refractivity contribution in [3.63, 3.8) is 0 Å². The summed E-state index contributed by atoms with van der Waals surface area (Å²) in [6, 6.07) is 9.02. The number of nitrogens with two attached hydrogens (primary N) is 1. The quantitative estimate of drug-likeness (QED) is 0.521. The van der Waals surface area contributed by atoms with E-state index >= 15 is 0 Å². The van der Waals surface area contributed by atoms with Crippen molar-refractivity contribution in [2.45, 2.75) is 12.6 Å². The number of esters is 1. The fourth-order valence-electron chi connectivity index (χ4n) is 0.899. The van der Waals surface area contributed by atoms with E-state index < -0.39 is 6.04 Å². The molecular formula is C10H12INO2. The molecule has 0 aromatic heterocycles. The molecule has 0 aliphatic heterocycles. The molecule has 0 saturated heterocycles. The number of carbonyl (C=O) groups excluding carboxylic acids is 1. The Morgan fingerprint density at radius 3 is 2.64 bits per heavy atom. The number of hydrogen-bond donors (Lipinski definition) is 1. The van der Waals surface area contributed by atoms with Gasteiger partial charge in [-0.3, -0.25) is 4.79 Å². The summed E-state index contributed by atoms with van der Waals surface area (Å²) in [5.74, 6) is -0.344. The first kappa shape index (κ1) is 11.5. The molecule has 14 heavy (non-hydrogen) atoms. The van der Waals surface area contributed by atoms with Crippen LogP contribution in [0.1, 0.15) is 5.56 Å². The summed E-state index contributed by atoms with van der Waals surface area (Å²) in [7, 11) is 0. The molecule has 1 rings (SSSR count). The average Bonchev–Trinajstić information content (AvgIpc) is 2.26. The first-order valence-electron chi connectivity index (χ1n) is 4.26. The fraction of sp³-hybridized carbons (Fsp3) is 0.300. The summed E-state index contributed by atoms with van der Waals surface area (Å²) in [5.41, 5.74) is 6.47. The van der Waals surface area contributed by atoms with Gasteiger partial charge in [0.05, 0.1) is 0 Å². The van der Waals surface area contributed by atoms with Gasteiger partial charge < -0.3 is 10.5 Å². The van der Waals surface area contributed by atoms with Crippen LogP contribution in [0, 0.1) is 0 Å². The molecule has 4 heteroatoms. The van der Waals surface area contributed by atoms with Crippen LogP contribution in [-0.2, 0) is 16.1 Å². The van der Waals surface area contributed by atoms with E-state index in [4.69, 9.17) is 10.5 Å². The van der Waals surface area contributed by atoms with Crippen molar-refractivity contribution in [1.82, 2.24) is 0 Å². The second-order valence-electron chi connectivity index (χ2n) is 2.85. The zero-order valence-electron chi connectivity index (χ0n) is 7.65. The Morgan fingerprint density at radius 2 is 2.07 bits per heavy atom. The summed E-state index contributed by atoms with van der Waals surface area (Å²) >= 11 is 2.06. The van der Waals surface area contributed by atoms with Crippen LogP contribution in [0.3, 0.4) is 0 Å². The van der Waals surface area contributed by atoms with E-state index in [1.165, 1.54) is 0 Å². The van der Waals surface area contributed by atoms with E-state index in [-0.39, 0.29) is 5.97 Å². The topological polar surface area (TPSA) is 52.3 Å². The van der Waals surface area contributed by atoms with Crippen molar-refractivity contribution in [1.29, 1.82) is 0 Å². The molecule has 2 N–H and O–H groups in total. The van der Waals surface area contributed by atoms with Gasteiger partial charge in [0.25, 0.3) is 0 Å². The van der Waals surface area contributed by atoms with E-state index in [1.54, 1.807) is 0 Å². The van der Waals surface area contributed by atoms with E-state index in [0.29, 0.717) is 11.0 Å². The highest BCUT2D eigenvalue weighted by atomic mass is 127. The molecule has 0 radical (unpaired) electrons. The van der Waals surface area contributed by atoms with Gasteiger partial charge in [-0.15, -0.1) is 0 Å². The number of benzene rings is 1. The van der Waals surface area contributed by atoms with Crippen molar-refractivity contribution in [3.05, 3.63) is 35.9 Å². The Bertz CT molecular complexity index is 289. The molecule has 1 atom stereocenters. The van der Waals surface area contributed by atoms with Crippen LogP contribution in [0.5, 0.6) is 0 Å². The van der Waals surface area contributed by atoms with E-state index in [2.05, 4.69) is 22.6 Å². The highest BCUT2D eigenvalue weighted by molar-refractivity contribution is 14.1. The lowest BCUT2D eigenvalue weighted by molar-refractivity contribution is -0.145. The maximum atomic E-state index is 11.2. The second kappa shape index (κ2) is 5.98. The van der Waals surface area contributed by atoms with Crippen LogP contribution in [0.2, 0.25) is 0 Å². The van der Waals surface area contributed by atoms with Crippen LogP contribution < -0.4 is 5.73 Å². The SMILES string of the molecule is N[C@H](CI)C(=O)OCc1ccccc1. The molecule has 0 unspecified atom stereocenters. The van der Waals surface area contributed by atoms with Gasteiger partial charge in [-0.05, 0) is 5.56 Å². The minimum atomic E-state index is -0.515. The van der Waals surface area contributed by atoms with Crippen molar-refractivity contribution in [3.8, 4) is 0 Å². The van der Waals surface area contributed by atoms with Gasteiger partial charge in [-0.1, -0.05) is 52.9 Å². The van der Waals surface area contributed by atoms with Crippen LogP contribution in [0.15, 0.2) is 30.3 Å². The molecular weight excluding hydrogens is 293 g/mol. The highest BCUT2D eigenvalue weighted by Crippen LogP contribution is 2.02. The predicted octanol–water partition coefficient (Wildman–Crippen LogP) is 1.49. The van der Waals surface area contributed by atoms with E-state index in [1.807, 2.05) is 30.3 Å². The second-order valence-corrected chi connectivity index (χ2v) is 3.73. The number of ether oxygens (including phenoxy) is 1. The lowest BCUT2D eigenvalue weighted by atomic mass is 10.2. The Kier molecular flexibility index (Phi) is 4.89. The molecule has 76 valence electrons. The maximum Gasteiger partial charge on any atom is 0.324 e. The number of halogens is 1. The molecule has 1 aromatic carbocycles. The van der Waals surface area contributed by atoms with Gasteiger partial charge in [0.1, 0.15) is 12.6 Å². The standard InChI is InChI=1S/C10H12INO2/c11-6-9(12)10(13)14-7-8-4-2-1-3-5-8/h1-5,9H,6-7,12H2/t9-/m1/s1. The van der Waals surface area contributed by atoms with Crippen LogP contribution in [0.25, 0.3) is 0 Å². The molecule has 1 aromatic rings. The molecule has 0 heterocycles. The average molecular weight is 305 g/mol. The Labute approximate surface area is 96.8 Å². The third-order valence-electron chi connectivity index (χ3n) is 1.69. The maximum absolute atomic E-state index is 11.2. The van der Waals surface area contributed by atoms with Gasteiger partial charge >= 0.3 is 5.97 Å². The first-order chi connectivity index (χ1) is 6.74. The van der Waals surface area contributed by atoms with Crippen molar-refractivity contribution < 1.29 is 9.53 Å². The molecule has 0 aliphatic rings. The Morgan fingerprint density at radius 1 is 1.43 bits per heavy atom. The zero-order valence-corrected chi connectivity index (χ0v) is 9.81. The molecule has 0 bridgehead atoms. The Balaban J connectivity index is 2.38. The molecule has 3 nitrogen and oxygen atoms in total. The Hall–Kier alpha value is -0.620. The van der Waals surface area contributed by atoms with Gasteiger partial charge in [0.15, 0.2) is 0 Å². The normalized spacial score (nSPS) is 12.1. The smallest absolute Gasteiger partial charge is 0.324 e. The van der Waals surface area contributed by atoms with E-state index in [9.17, 15) is 4.79 Å². The number of hydrogen-bond acceptors (Lipinski definition) is 3. The minimum absolute atomic E-state index is 0.296. The third-order valence-corrected chi connectivity index (χ3v) is 2.64. The molecule has 0 fully saturated rings. The lowest BCUT2D eigenvalue weighted by Crippen LogP contribution is -2.33. The molecule has 0 spiro atoms. The minimum Gasteiger partial charge on any atom is -0.460 e. The third kappa shape index (κ3) is 3.63. The monoisotopic (exact) mass is 305 g/mol. The molecule has 0 amide bonds. The number of carbonyl (C=O) groups is 1. The van der Waals surface area contributed by atoms with Crippen LogP contribution in [-0.4, -0.2) is 16.4 Å². The number of rotatable bonds is 4. The van der Waals surface area contributed by atoms with Gasteiger partial charge in [-0.25, -0.2) is 0 Å². The number of alkyl halides is 1. The fourth-order valence-corrected chi connectivity index (χ4v) is 1.26.